The molecule has 2 fully saturated rings. The smallest absolute Gasteiger partial charge is 0.410 e. The Balaban J connectivity index is 1.15. The summed E-state index contributed by atoms with van der Waals surface area (Å²) >= 11 is 0. The molecule has 0 aromatic heterocycles. The summed E-state index contributed by atoms with van der Waals surface area (Å²) in [6.07, 6.45) is 6.29. The standard InChI is InChI=1S/C29H38F3N3O2/c1-21-17-26(37-29(30,31)32)9-10-27(21)23-7-8-24-19-33(12-11-22(24)18-23)20-28(36)35-15-13-34(14-16-35)25-5-3-2-4-6-25/h7-10,18,21,25H,2-6,11-17,19-20H2,1H3. The Kier molecular flexibility index (Phi) is 7.96. The predicted molar refractivity (Wildman–Crippen MR) is 137 cm³/mol. The van der Waals surface area contributed by atoms with Gasteiger partial charge in [-0.1, -0.05) is 50.5 Å². The molecule has 1 amide bonds. The van der Waals surface area contributed by atoms with E-state index in [9.17, 15) is 18.0 Å². The molecule has 1 aromatic carbocycles. The monoisotopic (exact) mass is 517 g/mol. The van der Waals surface area contributed by atoms with Gasteiger partial charge in [0.15, 0.2) is 0 Å². The molecule has 2 aliphatic heterocycles. The van der Waals surface area contributed by atoms with Crippen LogP contribution in [0.5, 0.6) is 0 Å². The van der Waals surface area contributed by atoms with Crippen LogP contribution in [0, 0.1) is 5.92 Å². The van der Waals surface area contributed by atoms with Crippen molar-refractivity contribution >= 4 is 11.5 Å². The van der Waals surface area contributed by atoms with E-state index in [0.717, 1.165) is 56.8 Å². The first-order chi connectivity index (χ1) is 17.7. The minimum absolute atomic E-state index is 0.0441. The van der Waals surface area contributed by atoms with Gasteiger partial charge in [-0.05, 0) is 53.5 Å². The number of nitrogens with zero attached hydrogens (tertiary/aromatic N) is 3. The molecule has 4 aliphatic rings. The number of carbonyl (C=O) groups is 1. The highest BCUT2D eigenvalue weighted by atomic mass is 19.4. The average molecular weight is 518 g/mol. The summed E-state index contributed by atoms with van der Waals surface area (Å²) in [6, 6.07) is 7.06. The molecule has 1 saturated heterocycles. The van der Waals surface area contributed by atoms with Gasteiger partial charge in [0.1, 0.15) is 5.76 Å². The fraction of sp³-hybridized carbons (Fsp3) is 0.621. The van der Waals surface area contributed by atoms with Gasteiger partial charge in [0.25, 0.3) is 0 Å². The van der Waals surface area contributed by atoms with E-state index in [4.69, 9.17) is 0 Å². The molecular formula is C29H38F3N3O2. The molecule has 37 heavy (non-hydrogen) atoms. The second kappa shape index (κ2) is 11.2. The number of halogens is 3. The molecule has 0 spiro atoms. The Labute approximate surface area is 217 Å². The third-order valence-corrected chi connectivity index (χ3v) is 8.48. The molecule has 0 N–H and O–H groups in total. The van der Waals surface area contributed by atoms with Crippen molar-refractivity contribution < 1.29 is 22.7 Å². The van der Waals surface area contributed by atoms with Gasteiger partial charge in [0.2, 0.25) is 5.91 Å². The molecule has 8 heteroatoms. The molecule has 5 rings (SSSR count). The van der Waals surface area contributed by atoms with Gasteiger partial charge in [-0.3, -0.25) is 14.6 Å². The highest BCUT2D eigenvalue weighted by Crippen LogP contribution is 2.36. The van der Waals surface area contributed by atoms with E-state index in [1.807, 2.05) is 11.8 Å². The van der Waals surface area contributed by atoms with Crippen molar-refractivity contribution in [2.75, 3.05) is 39.3 Å². The van der Waals surface area contributed by atoms with Crippen LogP contribution in [-0.4, -0.2) is 72.3 Å². The van der Waals surface area contributed by atoms with Crippen LogP contribution in [-0.2, 0) is 22.5 Å². The van der Waals surface area contributed by atoms with Crippen molar-refractivity contribution in [3.05, 3.63) is 52.8 Å². The average Bonchev–Trinajstić information content (AvgIpc) is 2.88. The second-order valence-electron chi connectivity index (χ2n) is 11.1. The zero-order valence-corrected chi connectivity index (χ0v) is 21.7. The molecule has 1 saturated carbocycles. The first-order valence-electron chi connectivity index (χ1n) is 13.8. The van der Waals surface area contributed by atoms with Gasteiger partial charge in [0.05, 0.1) is 6.54 Å². The van der Waals surface area contributed by atoms with E-state index < -0.39 is 6.36 Å². The minimum atomic E-state index is -4.65. The number of amides is 1. The number of hydrogen-bond acceptors (Lipinski definition) is 4. The Bertz CT molecular complexity index is 1040. The fourth-order valence-electron chi connectivity index (χ4n) is 6.43. The summed E-state index contributed by atoms with van der Waals surface area (Å²) in [7, 11) is 0. The zero-order valence-electron chi connectivity index (χ0n) is 21.7. The normalized spacial score (nSPS) is 24.3. The van der Waals surface area contributed by atoms with Crippen molar-refractivity contribution in [1.82, 2.24) is 14.7 Å². The number of rotatable bonds is 5. The number of allylic oxidation sites excluding steroid dienone is 4. The number of fused-ring (bicyclic) bond motifs is 1. The van der Waals surface area contributed by atoms with Crippen LogP contribution in [0.1, 0.15) is 62.1 Å². The Morgan fingerprint density at radius 2 is 1.76 bits per heavy atom. The van der Waals surface area contributed by atoms with Crippen LogP contribution in [0.15, 0.2) is 36.1 Å². The van der Waals surface area contributed by atoms with E-state index in [2.05, 4.69) is 32.7 Å². The molecule has 0 bridgehead atoms. The molecule has 1 aromatic rings. The van der Waals surface area contributed by atoms with E-state index in [1.54, 1.807) is 6.08 Å². The highest BCUT2D eigenvalue weighted by molar-refractivity contribution is 5.78. The third kappa shape index (κ3) is 6.58. The predicted octanol–water partition coefficient (Wildman–Crippen LogP) is 5.37. The van der Waals surface area contributed by atoms with Crippen molar-refractivity contribution in [3.8, 4) is 0 Å². The number of carbonyl (C=O) groups excluding carboxylic acids is 1. The molecular weight excluding hydrogens is 479 g/mol. The number of benzene rings is 1. The Morgan fingerprint density at radius 1 is 1.00 bits per heavy atom. The van der Waals surface area contributed by atoms with Crippen LogP contribution in [0.25, 0.3) is 5.57 Å². The number of ether oxygens (including phenoxy) is 1. The maximum atomic E-state index is 13.0. The maximum absolute atomic E-state index is 13.0. The van der Waals surface area contributed by atoms with E-state index >= 15 is 0 Å². The first-order valence-corrected chi connectivity index (χ1v) is 13.8. The van der Waals surface area contributed by atoms with Gasteiger partial charge in [-0.15, -0.1) is 13.2 Å². The summed E-state index contributed by atoms with van der Waals surface area (Å²) in [6.45, 7) is 7.63. The van der Waals surface area contributed by atoms with Crippen molar-refractivity contribution in [3.63, 3.8) is 0 Å². The fourth-order valence-corrected chi connectivity index (χ4v) is 6.43. The lowest BCUT2D eigenvalue weighted by molar-refractivity contribution is -0.306. The first kappa shape index (κ1) is 26.3. The van der Waals surface area contributed by atoms with Crippen LogP contribution in [0.2, 0.25) is 0 Å². The summed E-state index contributed by atoms with van der Waals surface area (Å²) < 4.78 is 41.8. The van der Waals surface area contributed by atoms with Crippen LogP contribution >= 0.6 is 0 Å². The lowest BCUT2D eigenvalue weighted by Gasteiger charge is -2.41. The second-order valence-corrected chi connectivity index (χ2v) is 11.1. The van der Waals surface area contributed by atoms with E-state index in [1.165, 1.54) is 49.3 Å². The highest BCUT2D eigenvalue weighted by Gasteiger charge is 2.33. The van der Waals surface area contributed by atoms with Gasteiger partial charge in [-0.25, -0.2) is 0 Å². The topological polar surface area (TPSA) is 36.0 Å². The van der Waals surface area contributed by atoms with Crippen molar-refractivity contribution in [2.45, 2.75) is 70.8 Å². The summed E-state index contributed by atoms with van der Waals surface area (Å²) in [5.41, 5.74) is 4.57. The van der Waals surface area contributed by atoms with Crippen LogP contribution in [0.4, 0.5) is 13.2 Å². The molecule has 1 atom stereocenters. The van der Waals surface area contributed by atoms with E-state index in [0.29, 0.717) is 12.6 Å². The summed E-state index contributed by atoms with van der Waals surface area (Å²) in [5.74, 6) is 0.127. The minimum Gasteiger partial charge on any atom is -0.410 e. The lowest BCUT2D eigenvalue weighted by atomic mass is 9.85. The quantitative estimate of drug-likeness (QED) is 0.527. The van der Waals surface area contributed by atoms with Crippen molar-refractivity contribution in [2.24, 2.45) is 5.92 Å². The summed E-state index contributed by atoms with van der Waals surface area (Å²) in [5, 5.41) is 0. The molecule has 2 heterocycles. The maximum Gasteiger partial charge on any atom is 0.572 e. The SMILES string of the molecule is CC1CC(OC(F)(F)F)=CC=C1c1ccc2c(c1)CCN(CC(=O)N1CCN(C3CCCCC3)CC1)C2. The lowest BCUT2D eigenvalue weighted by Crippen LogP contribution is -2.54. The van der Waals surface area contributed by atoms with Gasteiger partial charge in [-0.2, -0.15) is 0 Å². The number of piperazine rings is 1. The van der Waals surface area contributed by atoms with Gasteiger partial charge >= 0.3 is 6.36 Å². The number of hydrogen-bond donors (Lipinski definition) is 0. The Hall–Kier alpha value is -2.32. The van der Waals surface area contributed by atoms with Crippen LogP contribution in [0.3, 0.4) is 0 Å². The Morgan fingerprint density at radius 3 is 2.46 bits per heavy atom. The molecule has 0 radical (unpaired) electrons. The molecule has 202 valence electrons. The van der Waals surface area contributed by atoms with Crippen LogP contribution < -0.4 is 0 Å². The van der Waals surface area contributed by atoms with Crippen molar-refractivity contribution in [1.29, 1.82) is 0 Å². The number of alkyl halides is 3. The summed E-state index contributed by atoms with van der Waals surface area (Å²) in [4.78, 5) is 19.9. The molecule has 5 nitrogen and oxygen atoms in total. The largest absolute Gasteiger partial charge is 0.572 e. The zero-order chi connectivity index (χ0) is 26.0. The van der Waals surface area contributed by atoms with E-state index in [-0.39, 0.29) is 24.0 Å². The molecule has 1 unspecified atom stereocenters. The molecule has 2 aliphatic carbocycles. The van der Waals surface area contributed by atoms with Gasteiger partial charge in [0, 0.05) is 51.7 Å². The van der Waals surface area contributed by atoms with Gasteiger partial charge < -0.3 is 9.64 Å². The third-order valence-electron chi connectivity index (χ3n) is 8.48.